The monoisotopic (exact) mass is 373 g/mol. The maximum atomic E-state index is 12.2. The molecule has 26 heavy (non-hydrogen) atoms. The van der Waals surface area contributed by atoms with E-state index in [2.05, 4.69) is 14.8 Å². The zero-order valence-corrected chi connectivity index (χ0v) is 15.7. The van der Waals surface area contributed by atoms with Gasteiger partial charge in [-0.25, -0.2) is 0 Å². The van der Waals surface area contributed by atoms with Crippen molar-refractivity contribution in [3.05, 3.63) is 40.8 Å². The van der Waals surface area contributed by atoms with Crippen LogP contribution in [-0.4, -0.2) is 66.2 Å². The van der Waals surface area contributed by atoms with Gasteiger partial charge in [-0.15, -0.1) is 0 Å². The van der Waals surface area contributed by atoms with Crippen LogP contribution in [0.2, 0.25) is 0 Å². The van der Waals surface area contributed by atoms with Crippen molar-refractivity contribution < 1.29 is 14.3 Å². The van der Waals surface area contributed by atoms with Crippen LogP contribution in [0.15, 0.2) is 40.2 Å². The van der Waals surface area contributed by atoms with Gasteiger partial charge in [0, 0.05) is 32.7 Å². The topological polar surface area (TPSA) is 62.2 Å². The number of amidine groups is 1. The molecule has 1 fully saturated rings. The van der Waals surface area contributed by atoms with Crippen molar-refractivity contribution in [3.63, 3.8) is 0 Å². The van der Waals surface area contributed by atoms with E-state index in [0.29, 0.717) is 24.5 Å². The lowest BCUT2D eigenvalue weighted by Crippen LogP contribution is -2.48. The summed E-state index contributed by atoms with van der Waals surface area (Å²) in [4.78, 5) is 32.9. The molecule has 0 unspecified atom stereocenters. The van der Waals surface area contributed by atoms with Gasteiger partial charge in [-0.2, -0.15) is 4.99 Å². The van der Waals surface area contributed by atoms with Crippen LogP contribution in [0.3, 0.4) is 0 Å². The number of aliphatic imine (C=N–C) groups is 1. The molecule has 2 aliphatic heterocycles. The summed E-state index contributed by atoms with van der Waals surface area (Å²) in [6, 6.07) is 9.80. The van der Waals surface area contributed by atoms with E-state index in [1.54, 1.807) is 0 Å². The minimum atomic E-state index is -0.168. The van der Waals surface area contributed by atoms with Gasteiger partial charge in [-0.05, 0) is 30.3 Å². The number of thioether (sulfide) groups is 1. The molecule has 0 radical (unpaired) electrons. The average molecular weight is 373 g/mol. The van der Waals surface area contributed by atoms with Gasteiger partial charge >= 0.3 is 5.97 Å². The number of amides is 1. The van der Waals surface area contributed by atoms with Gasteiger partial charge in [-0.3, -0.25) is 14.5 Å². The number of hydrogen-bond acceptors (Lipinski definition) is 6. The Bertz CT molecular complexity index is 710. The van der Waals surface area contributed by atoms with Gasteiger partial charge in [0.05, 0.1) is 17.9 Å². The highest BCUT2D eigenvalue weighted by atomic mass is 32.2. The summed E-state index contributed by atoms with van der Waals surface area (Å²) in [7, 11) is 0. The van der Waals surface area contributed by atoms with E-state index < -0.39 is 0 Å². The van der Waals surface area contributed by atoms with E-state index in [4.69, 9.17) is 4.74 Å². The first-order valence-corrected chi connectivity index (χ1v) is 9.68. The summed E-state index contributed by atoms with van der Waals surface area (Å²) in [5.41, 5.74) is 1.00. The third-order valence-corrected chi connectivity index (χ3v) is 5.33. The fourth-order valence-electron chi connectivity index (χ4n) is 2.88. The second-order valence-corrected chi connectivity index (χ2v) is 7.11. The Kier molecular flexibility index (Phi) is 6.46. The molecular weight excluding hydrogens is 350 g/mol. The van der Waals surface area contributed by atoms with Crippen LogP contribution in [0.25, 0.3) is 6.08 Å². The van der Waals surface area contributed by atoms with E-state index in [1.807, 2.05) is 43.3 Å². The number of hydrogen-bond donors (Lipinski definition) is 0. The fraction of sp³-hybridized carbons (Fsp3) is 0.421. The minimum Gasteiger partial charge on any atom is -0.466 e. The SMILES string of the molecule is CCOC(=O)CCN1CCN(C2=NC(=O)/C(=C\c3ccccc3)S2)CC1. The van der Waals surface area contributed by atoms with Gasteiger partial charge in [0.2, 0.25) is 0 Å². The number of esters is 1. The normalized spacial score (nSPS) is 19.7. The second-order valence-electron chi connectivity index (χ2n) is 6.10. The average Bonchev–Trinajstić information content (AvgIpc) is 3.02. The molecule has 0 bridgehead atoms. The summed E-state index contributed by atoms with van der Waals surface area (Å²) >= 11 is 1.44. The maximum Gasteiger partial charge on any atom is 0.307 e. The van der Waals surface area contributed by atoms with Gasteiger partial charge in [0.1, 0.15) is 0 Å². The number of benzene rings is 1. The van der Waals surface area contributed by atoms with Crippen LogP contribution >= 0.6 is 11.8 Å². The summed E-state index contributed by atoms with van der Waals surface area (Å²) < 4.78 is 4.97. The lowest BCUT2D eigenvalue weighted by molar-refractivity contribution is -0.143. The zero-order chi connectivity index (χ0) is 18.4. The lowest BCUT2D eigenvalue weighted by atomic mass is 10.2. The van der Waals surface area contributed by atoms with E-state index in [-0.39, 0.29) is 11.9 Å². The lowest BCUT2D eigenvalue weighted by Gasteiger charge is -2.35. The molecule has 1 aromatic carbocycles. The predicted octanol–water partition coefficient (Wildman–Crippen LogP) is 2.23. The Balaban J connectivity index is 1.49. The molecule has 1 aromatic rings. The standard InChI is InChI=1S/C19H23N3O3S/c1-2-25-17(23)8-9-21-10-12-22(13-11-21)19-20-18(24)16(26-19)14-15-6-4-3-5-7-15/h3-7,14H,2,8-13H2,1H3/b16-14+. The van der Waals surface area contributed by atoms with Crippen LogP contribution in [0.4, 0.5) is 0 Å². The first-order chi connectivity index (χ1) is 12.7. The number of carbonyl (C=O) groups excluding carboxylic acids is 2. The van der Waals surface area contributed by atoms with E-state index in [0.717, 1.165) is 36.9 Å². The molecular formula is C19H23N3O3S. The molecule has 2 heterocycles. The third kappa shape index (κ3) is 4.95. The number of rotatable bonds is 5. The summed E-state index contributed by atoms with van der Waals surface area (Å²) in [5, 5.41) is 0.780. The Hall–Kier alpha value is -2.12. The van der Waals surface area contributed by atoms with Crippen molar-refractivity contribution in [2.75, 3.05) is 39.3 Å². The molecule has 2 aliphatic rings. The molecule has 1 amide bonds. The number of piperazine rings is 1. The Morgan fingerprint density at radius 1 is 1.23 bits per heavy atom. The maximum absolute atomic E-state index is 12.2. The van der Waals surface area contributed by atoms with E-state index >= 15 is 0 Å². The molecule has 6 nitrogen and oxygen atoms in total. The fourth-order valence-corrected chi connectivity index (χ4v) is 3.84. The number of ether oxygens (including phenoxy) is 1. The third-order valence-electron chi connectivity index (χ3n) is 4.29. The minimum absolute atomic E-state index is 0.146. The van der Waals surface area contributed by atoms with Crippen molar-refractivity contribution in [1.82, 2.24) is 9.80 Å². The van der Waals surface area contributed by atoms with Crippen molar-refractivity contribution in [2.45, 2.75) is 13.3 Å². The van der Waals surface area contributed by atoms with Crippen molar-refractivity contribution >= 4 is 34.9 Å². The summed E-state index contributed by atoms with van der Waals surface area (Å²) in [6.45, 7) is 6.27. The largest absolute Gasteiger partial charge is 0.466 e. The summed E-state index contributed by atoms with van der Waals surface area (Å²) in [6.07, 6.45) is 2.31. The van der Waals surface area contributed by atoms with Crippen LogP contribution in [-0.2, 0) is 14.3 Å². The zero-order valence-electron chi connectivity index (χ0n) is 14.9. The molecule has 138 valence electrons. The highest BCUT2D eigenvalue weighted by Crippen LogP contribution is 2.30. The summed E-state index contributed by atoms with van der Waals surface area (Å²) in [5.74, 6) is -0.314. The highest BCUT2D eigenvalue weighted by Gasteiger charge is 2.28. The molecule has 0 saturated carbocycles. The van der Waals surface area contributed by atoms with Crippen molar-refractivity contribution in [3.8, 4) is 0 Å². The van der Waals surface area contributed by atoms with Crippen LogP contribution in [0, 0.1) is 0 Å². The molecule has 0 aromatic heterocycles. The number of carbonyl (C=O) groups is 2. The smallest absolute Gasteiger partial charge is 0.307 e. The van der Waals surface area contributed by atoms with E-state index in [1.165, 1.54) is 11.8 Å². The molecule has 1 saturated heterocycles. The van der Waals surface area contributed by atoms with Crippen LogP contribution in [0.1, 0.15) is 18.9 Å². The molecule has 7 heteroatoms. The quantitative estimate of drug-likeness (QED) is 0.583. The van der Waals surface area contributed by atoms with Crippen LogP contribution in [0.5, 0.6) is 0 Å². The molecule has 0 spiro atoms. The van der Waals surface area contributed by atoms with Gasteiger partial charge in [-0.1, -0.05) is 30.3 Å². The molecule has 0 atom stereocenters. The Labute approximate surface area is 157 Å². The van der Waals surface area contributed by atoms with Gasteiger partial charge < -0.3 is 9.64 Å². The van der Waals surface area contributed by atoms with Crippen LogP contribution < -0.4 is 0 Å². The molecule has 3 rings (SSSR count). The van der Waals surface area contributed by atoms with Gasteiger partial charge in [0.15, 0.2) is 5.17 Å². The van der Waals surface area contributed by atoms with Crippen molar-refractivity contribution in [2.24, 2.45) is 4.99 Å². The van der Waals surface area contributed by atoms with Gasteiger partial charge in [0.25, 0.3) is 5.91 Å². The van der Waals surface area contributed by atoms with Crippen molar-refractivity contribution in [1.29, 1.82) is 0 Å². The Morgan fingerprint density at radius 3 is 2.65 bits per heavy atom. The van der Waals surface area contributed by atoms with E-state index in [9.17, 15) is 9.59 Å². The predicted molar refractivity (Wildman–Crippen MR) is 104 cm³/mol. The molecule has 0 aliphatic carbocycles. The number of nitrogens with zero attached hydrogens (tertiary/aromatic N) is 3. The first-order valence-electron chi connectivity index (χ1n) is 8.86. The Morgan fingerprint density at radius 2 is 1.96 bits per heavy atom. The molecule has 0 N–H and O–H groups in total. The second kappa shape index (κ2) is 9.00. The first kappa shape index (κ1) is 18.7. The highest BCUT2D eigenvalue weighted by molar-refractivity contribution is 8.18.